The number of piperidine rings is 1. The molecule has 2 aromatic heterocycles. The van der Waals surface area contributed by atoms with Gasteiger partial charge in [-0.25, -0.2) is 4.68 Å². The molecule has 8 heteroatoms. The second-order valence-corrected chi connectivity index (χ2v) is 8.82. The number of carbonyl (C=O) groups is 1. The van der Waals surface area contributed by atoms with Crippen LogP contribution < -0.4 is 10.2 Å². The molecule has 0 saturated carbocycles. The van der Waals surface area contributed by atoms with Crippen molar-refractivity contribution < 1.29 is 4.79 Å². The molecule has 0 spiro atoms. The molecule has 1 N–H and O–H groups in total. The predicted molar refractivity (Wildman–Crippen MR) is 124 cm³/mol. The number of aryl methyl sites for hydroxylation is 2. The standard InChI is InChI=1S/C23H29ClN6O/c1-5-14(2)25-23(31)17-10-12-29(13-11-17)22-21-20(15(3)26-27-22)16(4)30(28-21)19-8-6-18(24)7-9-19/h6-9,14,17H,5,10-13H2,1-4H3,(H,25,31). The fourth-order valence-electron chi connectivity index (χ4n) is 4.17. The van der Waals surface area contributed by atoms with E-state index in [1.165, 1.54) is 0 Å². The molecule has 1 aliphatic rings. The first-order valence-corrected chi connectivity index (χ1v) is 11.3. The quantitative estimate of drug-likeness (QED) is 0.642. The fraction of sp³-hybridized carbons (Fsp3) is 0.478. The van der Waals surface area contributed by atoms with Crippen LogP contribution in [0.2, 0.25) is 5.02 Å². The molecule has 4 rings (SSSR count). The second-order valence-electron chi connectivity index (χ2n) is 8.39. The van der Waals surface area contributed by atoms with Gasteiger partial charge in [-0.2, -0.15) is 10.2 Å². The molecular weight excluding hydrogens is 412 g/mol. The molecule has 164 valence electrons. The summed E-state index contributed by atoms with van der Waals surface area (Å²) in [5, 5.41) is 18.7. The summed E-state index contributed by atoms with van der Waals surface area (Å²) in [6.07, 6.45) is 2.55. The third-order valence-corrected chi connectivity index (χ3v) is 6.47. The van der Waals surface area contributed by atoms with Crippen molar-refractivity contribution in [1.29, 1.82) is 0 Å². The summed E-state index contributed by atoms with van der Waals surface area (Å²) >= 11 is 6.05. The predicted octanol–water partition coefficient (Wildman–Crippen LogP) is 4.22. The Morgan fingerprint density at radius 1 is 1.19 bits per heavy atom. The Bertz CT molecular complexity index is 1090. The third kappa shape index (κ3) is 4.24. The highest BCUT2D eigenvalue weighted by atomic mass is 35.5. The van der Waals surface area contributed by atoms with Gasteiger partial charge in [0.2, 0.25) is 5.91 Å². The van der Waals surface area contributed by atoms with E-state index in [1.807, 2.05) is 49.7 Å². The number of fused-ring (bicyclic) bond motifs is 1. The van der Waals surface area contributed by atoms with E-state index in [-0.39, 0.29) is 17.9 Å². The van der Waals surface area contributed by atoms with Gasteiger partial charge in [0.1, 0.15) is 5.52 Å². The normalized spacial score (nSPS) is 16.0. The number of aromatic nitrogens is 4. The molecule has 0 bridgehead atoms. The van der Waals surface area contributed by atoms with Crippen LogP contribution in [0.15, 0.2) is 24.3 Å². The number of carbonyl (C=O) groups excluding carboxylic acids is 1. The second kappa shape index (κ2) is 8.83. The molecule has 3 aromatic rings. The number of rotatable bonds is 5. The molecule has 1 atom stereocenters. The van der Waals surface area contributed by atoms with Gasteiger partial charge < -0.3 is 10.2 Å². The Labute approximate surface area is 187 Å². The lowest BCUT2D eigenvalue weighted by Gasteiger charge is -2.32. The average Bonchev–Trinajstić information content (AvgIpc) is 3.12. The molecule has 1 amide bonds. The number of anilines is 1. The van der Waals surface area contributed by atoms with E-state index in [0.717, 1.165) is 66.1 Å². The number of nitrogens with one attached hydrogen (secondary N) is 1. The molecule has 0 aliphatic carbocycles. The lowest BCUT2D eigenvalue weighted by molar-refractivity contribution is -0.126. The maximum absolute atomic E-state index is 12.5. The van der Waals surface area contributed by atoms with Crippen molar-refractivity contribution in [3.05, 3.63) is 40.7 Å². The highest BCUT2D eigenvalue weighted by molar-refractivity contribution is 6.30. The van der Waals surface area contributed by atoms with Crippen LogP contribution in [0.1, 0.15) is 44.5 Å². The Morgan fingerprint density at radius 2 is 1.87 bits per heavy atom. The molecule has 7 nitrogen and oxygen atoms in total. The van der Waals surface area contributed by atoms with Gasteiger partial charge in [-0.3, -0.25) is 4.79 Å². The molecule has 1 fully saturated rings. The zero-order valence-corrected chi connectivity index (χ0v) is 19.3. The van der Waals surface area contributed by atoms with Crippen molar-refractivity contribution in [3.8, 4) is 5.69 Å². The molecule has 31 heavy (non-hydrogen) atoms. The summed E-state index contributed by atoms with van der Waals surface area (Å²) in [5.74, 6) is 1.00. The van der Waals surface area contributed by atoms with Crippen LogP contribution in [0.4, 0.5) is 5.82 Å². The first-order valence-electron chi connectivity index (χ1n) is 10.9. The van der Waals surface area contributed by atoms with E-state index in [4.69, 9.17) is 16.7 Å². The molecular formula is C23H29ClN6O. The molecule has 3 heterocycles. The van der Waals surface area contributed by atoms with Gasteiger partial charge >= 0.3 is 0 Å². The topological polar surface area (TPSA) is 75.9 Å². The van der Waals surface area contributed by atoms with Crippen molar-refractivity contribution in [3.63, 3.8) is 0 Å². The van der Waals surface area contributed by atoms with Crippen LogP contribution >= 0.6 is 11.6 Å². The number of halogens is 1. The fourth-order valence-corrected chi connectivity index (χ4v) is 4.30. The van der Waals surface area contributed by atoms with Crippen LogP contribution in [0, 0.1) is 19.8 Å². The first kappa shape index (κ1) is 21.6. The number of nitrogens with zero attached hydrogens (tertiary/aromatic N) is 5. The van der Waals surface area contributed by atoms with Gasteiger partial charge in [0.15, 0.2) is 5.82 Å². The van der Waals surface area contributed by atoms with Gasteiger partial charge in [0.05, 0.1) is 22.5 Å². The highest BCUT2D eigenvalue weighted by Gasteiger charge is 2.28. The molecule has 0 radical (unpaired) electrons. The minimum atomic E-state index is 0.0486. The SMILES string of the molecule is CCC(C)NC(=O)C1CCN(c2nnc(C)c3c(C)n(-c4ccc(Cl)cc4)nc23)CC1. The van der Waals surface area contributed by atoms with E-state index < -0.39 is 0 Å². The molecule has 1 aliphatic heterocycles. The monoisotopic (exact) mass is 440 g/mol. The summed E-state index contributed by atoms with van der Waals surface area (Å²) in [6, 6.07) is 7.86. The van der Waals surface area contributed by atoms with Crippen molar-refractivity contribution in [2.75, 3.05) is 18.0 Å². The van der Waals surface area contributed by atoms with E-state index in [0.29, 0.717) is 5.02 Å². The Balaban J connectivity index is 1.61. The number of hydrogen-bond donors (Lipinski definition) is 1. The van der Waals surface area contributed by atoms with E-state index in [9.17, 15) is 4.79 Å². The Kier molecular flexibility index (Phi) is 6.14. The van der Waals surface area contributed by atoms with Crippen molar-refractivity contribution in [2.45, 2.75) is 53.0 Å². The third-order valence-electron chi connectivity index (χ3n) is 6.22. The summed E-state index contributed by atoms with van der Waals surface area (Å²) in [7, 11) is 0. The van der Waals surface area contributed by atoms with Crippen LogP contribution in [0.3, 0.4) is 0 Å². The largest absolute Gasteiger partial charge is 0.353 e. The van der Waals surface area contributed by atoms with E-state index >= 15 is 0 Å². The Morgan fingerprint density at radius 3 is 2.52 bits per heavy atom. The van der Waals surface area contributed by atoms with Crippen molar-refractivity contribution >= 4 is 34.2 Å². The zero-order valence-electron chi connectivity index (χ0n) is 18.5. The number of benzene rings is 1. The maximum Gasteiger partial charge on any atom is 0.223 e. The van der Waals surface area contributed by atoms with Crippen LogP contribution in [0.25, 0.3) is 16.6 Å². The van der Waals surface area contributed by atoms with Crippen molar-refractivity contribution in [1.82, 2.24) is 25.3 Å². The first-order chi connectivity index (χ1) is 14.9. The van der Waals surface area contributed by atoms with Gasteiger partial charge in [-0.1, -0.05) is 18.5 Å². The van der Waals surface area contributed by atoms with Gasteiger partial charge in [0.25, 0.3) is 0 Å². The zero-order chi connectivity index (χ0) is 22.1. The lowest BCUT2D eigenvalue weighted by Crippen LogP contribution is -2.43. The summed E-state index contributed by atoms with van der Waals surface area (Å²) < 4.78 is 1.92. The average molecular weight is 441 g/mol. The number of amides is 1. The van der Waals surface area contributed by atoms with Gasteiger partial charge in [-0.15, -0.1) is 5.10 Å². The molecule has 1 aromatic carbocycles. The summed E-state index contributed by atoms with van der Waals surface area (Å²) in [4.78, 5) is 14.7. The number of hydrogen-bond acceptors (Lipinski definition) is 5. The van der Waals surface area contributed by atoms with Crippen LogP contribution in [0.5, 0.6) is 0 Å². The van der Waals surface area contributed by atoms with Gasteiger partial charge in [-0.05, 0) is 64.3 Å². The minimum absolute atomic E-state index is 0.0486. The molecule has 1 unspecified atom stereocenters. The van der Waals surface area contributed by atoms with Crippen LogP contribution in [-0.2, 0) is 4.79 Å². The van der Waals surface area contributed by atoms with E-state index in [1.54, 1.807) is 0 Å². The van der Waals surface area contributed by atoms with Gasteiger partial charge in [0, 0.05) is 30.1 Å². The minimum Gasteiger partial charge on any atom is -0.353 e. The maximum atomic E-state index is 12.5. The van der Waals surface area contributed by atoms with E-state index in [2.05, 4.69) is 27.3 Å². The summed E-state index contributed by atoms with van der Waals surface area (Å²) in [5.41, 5.74) is 3.68. The molecule has 1 saturated heterocycles. The Hall–Kier alpha value is -2.67. The van der Waals surface area contributed by atoms with Crippen molar-refractivity contribution in [2.24, 2.45) is 5.92 Å². The smallest absolute Gasteiger partial charge is 0.223 e. The summed E-state index contributed by atoms with van der Waals surface area (Å²) in [6.45, 7) is 9.67. The van der Waals surface area contributed by atoms with Crippen LogP contribution in [-0.4, -0.2) is 45.0 Å². The highest BCUT2D eigenvalue weighted by Crippen LogP contribution is 2.31. The lowest BCUT2D eigenvalue weighted by atomic mass is 9.95.